The number of carbonyl (C=O) groups is 1. The highest BCUT2D eigenvalue weighted by Crippen LogP contribution is 2.31. The third kappa shape index (κ3) is 6.54. The molecule has 0 unspecified atom stereocenters. The molecule has 1 rings (SSSR count). The molecule has 28 heavy (non-hydrogen) atoms. The van der Waals surface area contributed by atoms with Crippen LogP contribution in [-0.4, -0.2) is 30.4 Å². The maximum Gasteiger partial charge on any atom is 0.227 e. The van der Waals surface area contributed by atoms with Crippen LogP contribution in [0.25, 0.3) is 5.57 Å². The van der Waals surface area contributed by atoms with Gasteiger partial charge in [0.25, 0.3) is 0 Å². The first-order valence-electron chi connectivity index (χ1n) is 8.06. The lowest BCUT2D eigenvalue weighted by Crippen LogP contribution is -2.03. The Kier molecular flexibility index (Phi) is 9.43. The monoisotopic (exact) mass is 398 g/mol. The number of nitriles is 1. The van der Waals surface area contributed by atoms with E-state index in [2.05, 4.69) is 27.4 Å². The molecule has 0 spiro atoms. The average Bonchev–Trinajstić information content (AvgIpc) is 3.08. The van der Waals surface area contributed by atoms with Gasteiger partial charge in [-0.2, -0.15) is 10.4 Å². The molecule has 9 nitrogen and oxygen atoms in total. The van der Waals surface area contributed by atoms with Gasteiger partial charge in [-0.05, 0) is 17.8 Å². The van der Waals surface area contributed by atoms with Crippen molar-refractivity contribution < 1.29 is 4.79 Å². The summed E-state index contributed by atoms with van der Waals surface area (Å²) in [6, 6.07) is 1.87. The topological polar surface area (TPSA) is 166 Å². The first kappa shape index (κ1) is 22.3. The van der Waals surface area contributed by atoms with E-state index in [-0.39, 0.29) is 17.7 Å². The smallest absolute Gasteiger partial charge is 0.227 e. The Morgan fingerprint density at radius 1 is 1.50 bits per heavy atom. The predicted molar refractivity (Wildman–Crippen MR) is 114 cm³/mol. The molecule has 10 heteroatoms. The fourth-order valence-corrected chi connectivity index (χ4v) is 3.19. The van der Waals surface area contributed by atoms with Crippen LogP contribution in [0.5, 0.6) is 0 Å². The van der Waals surface area contributed by atoms with E-state index in [0.717, 1.165) is 21.7 Å². The van der Waals surface area contributed by atoms with Gasteiger partial charge in [0, 0.05) is 31.7 Å². The molecule has 0 aromatic carbocycles. The summed E-state index contributed by atoms with van der Waals surface area (Å²) in [4.78, 5) is 15.8. The van der Waals surface area contributed by atoms with E-state index in [4.69, 9.17) is 22.1 Å². The van der Waals surface area contributed by atoms with Crippen LogP contribution in [0.3, 0.4) is 0 Å². The molecular weight excluding hydrogens is 376 g/mol. The lowest BCUT2D eigenvalue weighted by atomic mass is 10.1. The Balaban J connectivity index is 3.26. The van der Waals surface area contributed by atoms with E-state index in [1.165, 1.54) is 23.8 Å². The van der Waals surface area contributed by atoms with Gasteiger partial charge >= 0.3 is 0 Å². The maximum atomic E-state index is 10.5. The second-order valence-corrected chi connectivity index (χ2v) is 6.35. The minimum absolute atomic E-state index is 0.0662. The summed E-state index contributed by atoms with van der Waals surface area (Å²) in [6.07, 6.45) is 8.50. The second-order valence-electron chi connectivity index (χ2n) is 5.27. The van der Waals surface area contributed by atoms with Gasteiger partial charge in [-0.1, -0.05) is 12.7 Å². The summed E-state index contributed by atoms with van der Waals surface area (Å²) in [5, 5.41) is 24.6. The van der Waals surface area contributed by atoms with Crippen LogP contribution >= 0.6 is 11.3 Å². The van der Waals surface area contributed by atoms with Crippen molar-refractivity contribution in [1.82, 2.24) is 10.4 Å². The second kappa shape index (κ2) is 11.8. The Labute approximate surface area is 167 Å². The molecule has 0 aliphatic carbocycles. The number of nitrogens with two attached hydrogens (primary N) is 2. The van der Waals surface area contributed by atoms with Gasteiger partial charge in [0.2, 0.25) is 6.41 Å². The number of hydrogen-bond donors (Lipinski definition) is 5. The standard InChI is InChI=1S/C18H22N8OS/c1-12(5-6-19)7-16-26-18(23-2)17(28-16)13(10-24-25-11-27)3-4-15(22)14(8-20)9-21/h3,5-6,8,10-11,22-23H,1,4,7,19-20H2,2H3,(H,25,27)/b6-5-,13-3+,14-8-,22-15?,24-10-. The van der Waals surface area contributed by atoms with E-state index in [0.29, 0.717) is 24.2 Å². The van der Waals surface area contributed by atoms with Crippen molar-refractivity contribution in [3.63, 3.8) is 0 Å². The fourth-order valence-electron chi connectivity index (χ4n) is 2.06. The maximum absolute atomic E-state index is 10.5. The van der Waals surface area contributed by atoms with Crippen LogP contribution in [0, 0.1) is 16.7 Å². The molecule has 1 aromatic heterocycles. The van der Waals surface area contributed by atoms with Crippen LogP contribution in [0.4, 0.5) is 5.82 Å². The van der Waals surface area contributed by atoms with Crippen LogP contribution in [0.2, 0.25) is 0 Å². The molecule has 0 fully saturated rings. The molecule has 0 radical (unpaired) electrons. The summed E-state index contributed by atoms with van der Waals surface area (Å²) >= 11 is 1.42. The van der Waals surface area contributed by atoms with E-state index in [1.54, 1.807) is 19.2 Å². The number of hydrazone groups is 1. The van der Waals surface area contributed by atoms with Crippen LogP contribution in [0.1, 0.15) is 16.3 Å². The van der Waals surface area contributed by atoms with Crippen LogP contribution in [0.15, 0.2) is 47.4 Å². The molecule has 0 aliphatic rings. The predicted octanol–water partition coefficient (Wildman–Crippen LogP) is 1.65. The first-order valence-corrected chi connectivity index (χ1v) is 8.88. The highest BCUT2D eigenvalue weighted by Gasteiger charge is 2.14. The number of nitrogens with one attached hydrogen (secondary N) is 3. The van der Waals surface area contributed by atoms with Gasteiger partial charge in [-0.3, -0.25) is 4.79 Å². The van der Waals surface area contributed by atoms with E-state index in [9.17, 15) is 4.79 Å². The van der Waals surface area contributed by atoms with Crippen molar-refractivity contribution in [3.8, 4) is 6.07 Å². The average molecular weight is 398 g/mol. The summed E-state index contributed by atoms with van der Waals surface area (Å²) in [5.41, 5.74) is 14.5. The molecule has 0 aliphatic heterocycles. The van der Waals surface area contributed by atoms with Gasteiger partial charge in [0.15, 0.2) is 0 Å². The summed E-state index contributed by atoms with van der Waals surface area (Å²) in [7, 11) is 1.74. The van der Waals surface area contributed by atoms with Gasteiger partial charge in [-0.25, -0.2) is 10.4 Å². The number of hydrogen-bond acceptors (Lipinski definition) is 9. The Morgan fingerprint density at radius 3 is 2.82 bits per heavy atom. The largest absolute Gasteiger partial charge is 0.405 e. The van der Waals surface area contributed by atoms with Crippen LogP contribution < -0.4 is 22.2 Å². The van der Waals surface area contributed by atoms with Crippen molar-refractivity contribution in [3.05, 3.63) is 52.2 Å². The van der Waals surface area contributed by atoms with E-state index in [1.807, 2.05) is 6.07 Å². The number of nitrogens with zero attached hydrogens (tertiary/aromatic N) is 3. The quantitative estimate of drug-likeness (QED) is 0.125. The number of anilines is 1. The van der Waals surface area contributed by atoms with Gasteiger partial charge in [-0.15, -0.1) is 11.3 Å². The molecule has 0 saturated carbocycles. The van der Waals surface area contributed by atoms with E-state index < -0.39 is 0 Å². The highest BCUT2D eigenvalue weighted by atomic mass is 32.1. The summed E-state index contributed by atoms with van der Waals surface area (Å²) in [6.45, 7) is 3.92. The van der Waals surface area contributed by atoms with Crippen molar-refractivity contribution in [2.24, 2.45) is 16.6 Å². The Hall–Kier alpha value is -3.71. The zero-order valence-corrected chi connectivity index (χ0v) is 16.2. The minimum atomic E-state index is 0.0662. The molecular formula is C18H22N8OS. The molecule has 1 amide bonds. The summed E-state index contributed by atoms with van der Waals surface area (Å²) in [5.74, 6) is 0.620. The lowest BCUT2D eigenvalue weighted by molar-refractivity contribution is -0.109. The van der Waals surface area contributed by atoms with Crippen molar-refractivity contribution >= 4 is 41.1 Å². The number of amides is 1. The van der Waals surface area contributed by atoms with Crippen LogP contribution in [-0.2, 0) is 11.2 Å². The van der Waals surface area contributed by atoms with Crippen molar-refractivity contribution in [2.45, 2.75) is 12.8 Å². The molecule has 0 bridgehead atoms. The normalized spacial score (nSPS) is 12.1. The molecule has 7 N–H and O–H groups in total. The SMILES string of the molecule is C=C(/C=C\N)Cc1nc(NC)c(C(/C=N\NC=O)=C/CC(=N)/C(C#N)=C\N)s1. The molecule has 146 valence electrons. The zero-order valence-electron chi connectivity index (χ0n) is 15.4. The van der Waals surface area contributed by atoms with Crippen molar-refractivity contribution in [1.29, 1.82) is 10.7 Å². The minimum Gasteiger partial charge on any atom is -0.405 e. The third-order valence-corrected chi connectivity index (χ3v) is 4.45. The molecule has 0 saturated heterocycles. The van der Waals surface area contributed by atoms with Gasteiger partial charge < -0.3 is 22.2 Å². The highest BCUT2D eigenvalue weighted by molar-refractivity contribution is 7.13. The number of carbonyl (C=O) groups excluding carboxylic acids is 1. The number of aromatic nitrogens is 1. The first-order chi connectivity index (χ1) is 13.5. The number of thiazole rings is 1. The third-order valence-electron chi connectivity index (χ3n) is 3.35. The summed E-state index contributed by atoms with van der Waals surface area (Å²) < 4.78 is 0. The Morgan fingerprint density at radius 2 is 2.25 bits per heavy atom. The van der Waals surface area contributed by atoms with Gasteiger partial charge in [0.05, 0.1) is 27.4 Å². The van der Waals surface area contributed by atoms with E-state index >= 15 is 0 Å². The molecule has 1 heterocycles. The van der Waals surface area contributed by atoms with Crippen molar-refractivity contribution in [2.75, 3.05) is 12.4 Å². The number of allylic oxidation sites excluding steroid dienone is 5. The van der Waals surface area contributed by atoms with Gasteiger partial charge in [0.1, 0.15) is 11.9 Å². The molecule has 1 aromatic rings. The Bertz CT molecular complexity index is 886. The zero-order chi connectivity index (χ0) is 20.9. The lowest BCUT2D eigenvalue weighted by Gasteiger charge is -2.03. The number of rotatable bonds is 11. The molecule has 0 atom stereocenters. The fraction of sp³-hybridized carbons (Fsp3) is 0.167.